The van der Waals surface area contributed by atoms with Crippen LogP contribution in [-0.2, 0) is 6.54 Å². The number of hydrogen-bond acceptors (Lipinski definition) is 4. The maximum absolute atomic E-state index is 10.4. The van der Waals surface area contributed by atoms with Crippen LogP contribution in [0.1, 0.15) is 16.2 Å². The lowest BCUT2D eigenvalue weighted by Gasteiger charge is -2.03. The van der Waals surface area contributed by atoms with Gasteiger partial charge in [-0.15, -0.1) is 0 Å². The molecule has 1 aromatic rings. The van der Waals surface area contributed by atoms with Gasteiger partial charge < -0.3 is 14.5 Å². The van der Waals surface area contributed by atoms with E-state index in [0.29, 0.717) is 12.3 Å². The highest BCUT2D eigenvalue weighted by atomic mass is 16.5. The van der Waals surface area contributed by atoms with Crippen LogP contribution in [0, 0.1) is 0 Å². The summed E-state index contributed by atoms with van der Waals surface area (Å²) in [6, 6.07) is 1.42. The highest BCUT2D eigenvalue weighted by Gasteiger charge is 2.10. The van der Waals surface area contributed by atoms with E-state index < -0.39 is 5.97 Å². The van der Waals surface area contributed by atoms with Crippen LogP contribution in [0.3, 0.4) is 0 Å². The SMILES string of the molecule is CN(C)Cc1cc(C(=O)O)no1. The molecule has 0 radical (unpaired) electrons. The van der Waals surface area contributed by atoms with Gasteiger partial charge in [-0.3, -0.25) is 0 Å². The molecule has 0 aromatic carbocycles. The van der Waals surface area contributed by atoms with Gasteiger partial charge >= 0.3 is 5.97 Å². The molecule has 0 aliphatic rings. The van der Waals surface area contributed by atoms with Crippen molar-refractivity contribution < 1.29 is 14.4 Å². The van der Waals surface area contributed by atoms with Crippen molar-refractivity contribution in [2.75, 3.05) is 14.1 Å². The Bertz CT molecular complexity index is 280. The average Bonchev–Trinajstić information content (AvgIpc) is 2.34. The van der Waals surface area contributed by atoms with Crippen molar-refractivity contribution in [2.45, 2.75) is 6.54 Å². The molecule has 0 saturated carbocycles. The van der Waals surface area contributed by atoms with Crippen molar-refractivity contribution in [1.82, 2.24) is 10.1 Å². The minimum Gasteiger partial charge on any atom is -0.476 e. The Morgan fingerprint density at radius 1 is 1.75 bits per heavy atom. The predicted octanol–water partition coefficient (Wildman–Crippen LogP) is 0.434. The molecule has 0 saturated heterocycles. The number of carbonyl (C=O) groups is 1. The van der Waals surface area contributed by atoms with E-state index in [0.717, 1.165) is 0 Å². The Hall–Kier alpha value is -1.36. The van der Waals surface area contributed by atoms with Crippen LogP contribution in [0.4, 0.5) is 0 Å². The summed E-state index contributed by atoms with van der Waals surface area (Å²) < 4.78 is 4.76. The van der Waals surface area contributed by atoms with Crippen molar-refractivity contribution in [2.24, 2.45) is 0 Å². The molecule has 1 N–H and O–H groups in total. The fourth-order valence-electron chi connectivity index (χ4n) is 0.800. The normalized spacial score (nSPS) is 10.6. The first-order valence-electron chi connectivity index (χ1n) is 3.43. The van der Waals surface area contributed by atoms with Crippen LogP contribution in [0.15, 0.2) is 10.6 Å². The van der Waals surface area contributed by atoms with E-state index >= 15 is 0 Å². The number of aromatic carboxylic acids is 1. The summed E-state index contributed by atoms with van der Waals surface area (Å²) in [6.07, 6.45) is 0. The molecule has 0 aliphatic heterocycles. The van der Waals surface area contributed by atoms with E-state index in [9.17, 15) is 4.79 Å². The number of hydrogen-bond donors (Lipinski definition) is 1. The Morgan fingerprint density at radius 3 is 2.83 bits per heavy atom. The first-order valence-corrected chi connectivity index (χ1v) is 3.43. The maximum Gasteiger partial charge on any atom is 0.358 e. The quantitative estimate of drug-likeness (QED) is 0.712. The predicted molar refractivity (Wildman–Crippen MR) is 40.9 cm³/mol. The standard InChI is InChI=1S/C7H10N2O3/c1-9(2)4-5-3-6(7(10)11)8-12-5/h3H,4H2,1-2H3,(H,10,11). The fraction of sp³-hybridized carbons (Fsp3) is 0.429. The first-order chi connectivity index (χ1) is 5.59. The van der Waals surface area contributed by atoms with Gasteiger partial charge in [0.05, 0.1) is 6.54 Å². The zero-order valence-electron chi connectivity index (χ0n) is 6.94. The van der Waals surface area contributed by atoms with Gasteiger partial charge in [0.25, 0.3) is 0 Å². The van der Waals surface area contributed by atoms with Crippen LogP contribution in [0.5, 0.6) is 0 Å². The van der Waals surface area contributed by atoms with Crippen molar-refractivity contribution in [1.29, 1.82) is 0 Å². The molecule has 66 valence electrons. The van der Waals surface area contributed by atoms with Crippen molar-refractivity contribution in [3.8, 4) is 0 Å². The van der Waals surface area contributed by atoms with E-state index in [1.807, 2.05) is 19.0 Å². The number of carboxylic acid groups (broad SMARTS) is 1. The largest absolute Gasteiger partial charge is 0.476 e. The Morgan fingerprint density at radius 2 is 2.42 bits per heavy atom. The van der Waals surface area contributed by atoms with Crippen molar-refractivity contribution in [3.05, 3.63) is 17.5 Å². The van der Waals surface area contributed by atoms with E-state index in [-0.39, 0.29) is 5.69 Å². The van der Waals surface area contributed by atoms with E-state index in [2.05, 4.69) is 5.16 Å². The molecule has 1 rings (SSSR count). The maximum atomic E-state index is 10.4. The molecular formula is C7H10N2O3. The summed E-state index contributed by atoms with van der Waals surface area (Å²) in [6.45, 7) is 0.556. The molecule has 5 heteroatoms. The molecule has 0 atom stereocenters. The second kappa shape index (κ2) is 3.36. The van der Waals surface area contributed by atoms with Crippen LogP contribution in [-0.4, -0.2) is 35.2 Å². The number of carboxylic acids is 1. The second-order valence-corrected chi connectivity index (χ2v) is 2.72. The van der Waals surface area contributed by atoms with Crippen molar-refractivity contribution in [3.63, 3.8) is 0 Å². The monoisotopic (exact) mass is 170 g/mol. The van der Waals surface area contributed by atoms with E-state index in [1.54, 1.807) is 0 Å². The van der Waals surface area contributed by atoms with Crippen LogP contribution >= 0.6 is 0 Å². The summed E-state index contributed by atoms with van der Waals surface area (Å²) >= 11 is 0. The number of nitrogens with zero attached hydrogens (tertiary/aromatic N) is 2. The molecule has 0 amide bonds. The topological polar surface area (TPSA) is 66.6 Å². The molecule has 5 nitrogen and oxygen atoms in total. The lowest BCUT2D eigenvalue weighted by molar-refractivity contribution is 0.0685. The molecule has 0 spiro atoms. The van der Waals surface area contributed by atoms with Crippen LogP contribution in [0.2, 0.25) is 0 Å². The third-order valence-corrected chi connectivity index (χ3v) is 1.25. The second-order valence-electron chi connectivity index (χ2n) is 2.72. The van der Waals surface area contributed by atoms with Gasteiger partial charge in [0.15, 0.2) is 11.5 Å². The fourth-order valence-corrected chi connectivity index (χ4v) is 0.800. The summed E-state index contributed by atoms with van der Waals surface area (Å²) in [5, 5.41) is 11.9. The molecule has 0 bridgehead atoms. The third-order valence-electron chi connectivity index (χ3n) is 1.25. The van der Waals surface area contributed by atoms with E-state index in [1.165, 1.54) is 6.07 Å². The molecule has 0 aliphatic carbocycles. The average molecular weight is 170 g/mol. The van der Waals surface area contributed by atoms with Gasteiger partial charge in [-0.1, -0.05) is 5.16 Å². The van der Waals surface area contributed by atoms with Gasteiger partial charge in [-0.2, -0.15) is 0 Å². The molecule has 0 unspecified atom stereocenters. The number of rotatable bonds is 3. The Kier molecular flexibility index (Phi) is 2.44. The van der Waals surface area contributed by atoms with Crippen molar-refractivity contribution >= 4 is 5.97 Å². The van der Waals surface area contributed by atoms with Gasteiger partial charge in [-0.05, 0) is 14.1 Å². The molecule has 12 heavy (non-hydrogen) atoms. The molecule has 0 fully saturated rings. The minimum atomic E-state index is -1.07. The van der Waals surface area contributed by atoms with Gasteiger partial charge in [-0.25, -0.2) is 4.79 Å². The summed E-state index contributed by atoms with van der Waals surface area (Å²) in [5.74, 6) is -0.513. The molecule has 1 aromatic heterocycles. The van der Waals surface area contributed by atoms with Crippen LogP contribution < -0.4 is 0 Å². The van der Waals surface area contributed by atoms with Gasteiger partial charge in [0, 0.05) is 6.07 Å². The number of aromatic nitrogens is 1. The zero-order chi connectivity index (χ0) is 9.14. The van der Waals surface area contributed by atoms with Gasteiger partial charge in [0.2, 0.25) is 0 Å². The summed E-state index contributed by atoms with van der Waals surface area (Å²) in [5.41, 5.74) is -0.0492. The third kappa shape index (κ3) is 2.06. The molecule has 1 heterocycles. The Balaban J connectivity index is 2.71. The smallest absolute Gasteiger partial charge is 0.358 e. The summed E-state index contributed by atoms with van der Waals surface area (Å²) in [7, 11) is 3.73. The summed E-state index contributed by atoms with van der Waals surface area (Å²) in [4.78, 5) is 12.2. The van der Waals surface area contributed by atoms with Gasteiger partial charge in [0.1, 0.15) is 0 Å². The van der Waals surface area contributed by atoms with Crippen LogP contribution in [0.25, 0.3) is 0 Å². The lowest BCUT2D eigenvalue weighted by atomic mass is 10.3. The highest BCUT2D eigenvalue weighted by molar-refractivity contribution is 5.85. The highest BCUT2D eigenvalue weighted by Crippen LogP contribution is 2.04. The van der Waals surface area contributed by atoms with E-state index in [4.69, 9.17) is 9.63 Å². The lowest BCUT2D eigenvalue weighted by Crippen LogP contribution is -2.09. The Labute approximate surface area is 69.6 Å². The molecular weight excluding hydrogens is 160 g/mol. The minimum absolute atomic E-state index is 0.0492. The first kappa shape index (κ1) is 8.73. The zero-order valence-corrected chi connectivity index (χ0v) is 6.94.